The van der Waals surface area contributed by atoms with Crippen LogP contribution < -0.4 is 10.5 Å². The van der Waals surface area contributed by atoms with Crippen molar-refractivity contribution in [1.29, 1.82) is 0 Å². The van der Waals surface area contributed by atoms with Crippen molar-refractivity contribution in [1.82, 2.24) is 0 Å². The first-order chi connectivity index (χ1) is 10.0. The van der Waals surface area contributed by atoms with Crippen molar-refractivity contribution in [2.45, 2.75) is 13.0 Å². The van der Waals surface area contributed by atoms with Gasteiger partial charge < -0.3 is 10.5 Å². The summed E-state index contributed by atoms with van der Waals surface area (Å²) in [6.07, 6.45) is 0.703. The van der Waals surface area contributed by atoms with Gasteiger partial charge in [-0.3, -0.25) is 0 Å². The molecule has 0 saturated heterocycles. The molecule has 0 fully saturated rings. The van der Waals surface area contributed by atoms with Gasteiger partial charge in [0.15, 0.2) is 0 Å². The molecule has 0 aliphatic carbocycles. The normalized spacial score (nSPS) is 10.7. The summed E-state index contributed by atoms with van der Waals surface area (Å²) < 4.78 is 33.0. The molecule has 0 amide bonds. The standard InChI is InChI=1S/C15H13BrClF2NO/c16-11-2-3-13(18)10(15(11)19)8-21-14-4-1-9(5-6-20)7-12(14)17/h1-4,7H,5-6,8,20H2. The molecule has 0 bridgehead atoms. The van der Waals surface area contributed by atoms with Gasteiger partial charge in [-0.15, -0.1) is 0 Å². The van der Waals surface area contributed by atoms with Crippen molar-refractivity contribution >= 4 is 27.5 Å². The molecule has 0 heterocycles. The summed E-state index contributed by atoms with van der Waals surface area (Å²) in [7, 11) is 0. The number of halogens is 4. The fourth-order valence-corrected chi connectivity index (χ4v) is 2.46. The maximum atomic E-state index is 13.8. The van der Waals surface area contributed by atoms with E-state index in [0.717, 1.165) is 5.56 Å². The van der Waals surface area contributed by atoms with Crippen LogP contribution in [0.25, 0.3) is 0 Å². The van der Waals surface area contributed by atoms with Crippen LogP contribution >= 0.6 is 27.5 Å². The molecule has 0 spiro atoms. The lowest BCUT2D eigenvalue weighted by molar-refractivity contribution is 0.292. The van der Waals surface area contributed by atoms with Crippen molar-refractivity contribution < 1.29 is 13.5 Å². The first-order valence-corrected chi connectivity index (χ1v) is 7.43. The van der Waals surface area contributed by atoms with E-state index in [1.807, 2.05) is 6.07 Å². The molecule has 6 heteroatoms. The van der Waals surface area contributed by atoms with Crippen LogP contribution in [0, 0.1) is 11.6 Å². The highest BCUT2D eigenvalue weighted by atomic mass is 79.9. The van der Waals surface area contributed by atoms with Gasteiger partial charge in [0.2, 0.25) is 0 Å². The van der Waals surface area contributed by atoms with Crippen molar-refractivity contribution in [2.24, 2.45) is 5.73 Å². The van der Waals surface area contributed by atoms with E-state index in [-0.39, 0.29) is 16.6 Å². The lowest BCUT2D eigenvalue weighted by atomic mass is 10.1. The summed E-state index contributed by atoms with van der Waals surface area (Å²) >= 11 is 9.09. The first kappa shape index (κ1) is 16.2. The third-order valence-corrected chi connectivity index (χ3v) is 3.85. The van der Waals surface area contributed by atoms with E-state index >= 15 is 0 Å². The number of hydrogen-bond acceptors (Lipinski definition) is 2. The molecule has 0 aromatic heterocycles. The van der Waals surface area contributed by atoms with Gasteiger partial charge in [-0.2, -0.15) is 0 Å². The predicted molar refractivity (Wildman–Crippen MR) is 82.6 cm³/mol. The molecule has 112 valence electrons. The zero-order valence-corrected chi connectivity index (χ0v) is 13.3. The molecule has 2 rings (SSSR count). The molecule has 2 nitrogen and oxygen atoms in total. The Morgan fingerprint density at radius 2 is 1.95 bits per heavy atom. The average molecular weight is 377 g/mol. The molecule has 0 saturated carbocycles. The van der Waals surface area contributed by atoms with Crippen LogP contribution in [0.5, 0.6) is 5.75 Å². The van der Waals surface area contributed by atoms with Gasteiger partial charge in [-0.25, -0.2) is 8.78 Å². The number of hydrogen-bond donors (Lipinski definition) is 1. The minimum atomic E-state index is -0.675. The van der Waals surface area contributed by atoms with Gasteiger partial charge in [0, 0.05) is 0 Å². The van der Waals surface area contributed by atoms with Crippen LogP contribution in [-0.4, -0.2) is 6.54 Å². The predicted octanol–water partition coefficient (Wildman–Crippen LogP) is 4.46. The quantitative estimate of drug-likeness (QED) is 0.782. The Kier molecular flexibility index (Phi) is 5.56. The first-order valence-electron chi connectivity index (χ1n) is 6.26. The molecule has 21 heavy (non-hydrogen) atoms. The van der Waals surface area contributed by atoms with Crippen molar-refractivity contribution in [3.63, 3.8) is 0 Å². The third kappa shape index (κ3) is 3.93. The Morgan fingerprint density at radius 3 is 2.62 bits per heavy atom. The monoisotopic (exact) mass is 375 g/mol. The van der Waals surface area contributed by atoms with Crippen molar-refractivity contribution in [3.05, 3.63) is 62.6 Å². The van der Waals surface area contributed by atoms with Crippen molar-refractivity contribution in [2.75, 3.05) is 6.54 Å². The Balaban J connectivity index is 2.15. The summed E-state index contributed by atoms with van der Waals surface area (Å²) in [5, 5.41) is 0.386. The molecule has 2 aromatic carbocycles. The van der Waals surface area contributed by atoms with Crippen LogP contribution in [0.15, 0.2) is 34.8 Å². The molecule has 2 aromatic rings. The lowest BCUT2D eigenvalue weighted by Gasteiger charge is -2.11. The minimum absolute atomic E-state index is 0.147. The second kappa shape index (κ2) is 7.20. The number of ether oxygens (including phenoxy) is 1. The van der Waals surface area contributed by atoms with Gasteiger partial charge in [0.05, 0.1) is 15.1 Å². The van der Waals surface area contributed by atoms with Gasteiger partial charge in [-0.05, 0) is 58.7 Å². The summed E-state index contributed by atoms with van der Waals surface area (Å²) in [5.74, 6) is -0.964. The largest absolute Gasteiger partial charge is 0.487 e. The zero-order chi connectivity index (χ0) is 15.4. The summed E-state index contributed by atoms with van der Waals surface area (Å²) in [6.45, 7) is 0.276. The molecule has 0 atom stereocenters. The van der Waals surface area contributed by atoms with Crippen LogP contribution in [0.1, 0.15) is 11.1 Å². The maximum absolute atomic E-state index is 13.8. The van der Waals surface area contributed by atoms with Crippen LogP contribution in [0.4, 0.5) is 8.78 Å². The van der Waals surface area contributed by atoms with Gasteiger partial charge >= 0.3 is 0 Å². The topological polar surface area (TPSA) is 35.2 Å². The number of benzene rings is 2. The van der Waals surface area contributed by atoms with E-state index < -0.39 is 11.6 Å². The smallest absolute Gasteiger partial charge is 0.146 e. The van der Waals surface area contributed by atoms with E-state index in [2.05, 4.69) is 15.9 Å². The Bertz CT molecular complexity index is 652. The SMILES string of the molecule is NCCc1ccc(OCc2c(F)ccc(Br)c2F)c(Cl)c1. The third-order valence-electron chi connectivity index (χ3n) is 2.94. The second-order valence-electron chi connectivity index (χ2n) is 4.41. The molecule has 0 radical (unpaired) electrons. The van der Waals surface area contributed by atoms with Crippen LogP contribution in [0.3, 0.4) is 0 Å². The highest BCUT2D eigenvalue weighted by molar-refractivity contribution is 9.10. The molecule has 0 unspecified atom stereocenters. The van der Waals surface area contributed by atoms with E-state index in [9.17, 15) is 8.78 Å². The molecule has 2 N–H and O–H groups in total. The summed E-state index contributed by atoms with van der Waals surface area (Å²) in [4.78, 5) is 0. The second-order valence-corrected chi connectivity index (χ2v) is 5.68. The molecular formula is C15H13BrClF2NO. The Labute approximate surface area is 135 Å². The molecule has 0 aliphatic rings. The minimum Gasteiger partial charge on any atom is -0.487 e. The van der Waals surface area contributed by atoms with E-state index in [1.54, 1.807) is 12.1 Å². The van der Waals surface area contributed by atoms with Crippen molar-refractivity contribution in [3.8, 4) is 5.75 Å². The summed E-state index contributed by atoms with van der Waals surface area (Å²) in [6, 6.07) is 7.71. The summed E-state index contributed by atoms with van der Waals surface area (Å²) in [5.41, 5.74) is 6.30. The fraction of sp³-hybridized carbons (Fsp3) is 0.200. The fourth-order valence-electron chi connectivity index (χ4n) is 1.83. The Hall–Kier alpha value is -1.17. The maximum Gasteiger partial charge on any atom is 0.146 e. The van der Waals surface area contributed by atoms with E-state index in [4.69, 9.17) is 22.1 Å². The average Bonchev–Trinajstić information content (AvgIpc) is 2.45. The van der Waals surface area contributed by atoms with Crippen LogP contribution in [-0.2, 0) is 13.0 Å². The van der Waals surface area contributed by atoms with E-state index in [1.165, 1.54) is 12.1 Å². The number of rotatable bonds is 5. The molecule has 0 aliphatic heterocycles. The van der Waals surface area contributed by atoms with Gasteiger partial charge in [0.25, 0.3) is 0 Å². The van der Waals surface area contributed by atoms with Gasteiger partial charge in [-0.1, -0.05) is 17.7 Å². The van der Waals surface area contributed by atoms with Gasteiger partial charge in [0.1, 0.15) is 24.0 Å². The highest BCUT2D eigenvalue weighted by Gasteiger charge is 2.13. The Morgan fingerprint density at radius 1 is 1.19 bits per heavy atom. The van der Waals surface area contributed by atoms with E-state index in [0.29, 0.717) is 23.7 Å². The number of nitrogens with two attached hydrogens (primary N) is 1. The zero-order valence-electron chi connectivity index (χ0n) is 11.0. The van der Waals surface area contributed by atoms with Crippen LogP contribution in [0.2, 0.25) is 5.02 Å². The highest BCUT2D eigenvalue weighted by Crippen LogP contribution is 2.28. The molecular weight excluding hydrogens is 364 g/mol. The lowest BCUT2D eigenvalue weighted by Crippen LogP contribution is -2.04.